The van der Waals surface area contributed by atoms with Crippen LogP contribution in [0.4, 0.5) is 0 Å². The normalized spacial score (nSPS) is 9.97. The van der Waals surface area contributed by atoms with Gasteiger partial charge in [0.05, 0.1) is 0 Å². The van der Waals surface area contributed by atoms with Gasteiger partial charge < -0.3 is 53.2 Å². The molecule has 8 radical (unpaired) electrons. The van der Waals surface area contributed by atoms with Gasteiger partial charge in [0.15, 0.2) is 0 Å². The van der Waals surface area contributed by atoms with E-state index in [9.17, 15) is 0 Å². The van der Waals surface area contributed by atoms with Gasteiger partial charge in [-0.1, -0.05) is 116 Å². The summed E-state index contributed by atoms with van der Waals surface area (Å²) < 4.78 is 9.89. The van der Waals surface area contributed by atoms with Gasteiger partial charge in [-0.05, 0) is 25.7 Å². The van der Waals surface area contributed by atoms with Crippen molar-refractivity contribution in [1.82, 2.24) is 29.9 Å². The number of hydrogen-bond acceptors (Lipinski definition) is 8. The van der Waals surface area contributed by atoms with Crippen LogP contribution in [0.5, 0.6) is 0 Å². The SMILES string of the molecule is C1CCOC1.C1CCOC1.Cc1cc[c-]nc1.Cc1cc[c-]nc1.Cc1cc[c-]nc1.Cc1cc[c-]nc1.Cc1cc[c-]nc1.Cc1cc[c-]nc1.[CH2-]C.[CH2-]C.[In+].[In+].[Li+].[Li+].[Sn+2].[Sn+2]. The molecular formula is C48H62In2Li2N6O2Sn2. The van der Waals surface area contributed by atoms with Gasteiger partial charge in [0.25, 0.3) is 0 Å². The Morgan fingerprint density at radius 2 is 0.500 bits per heavy atom. The van der Waals surface area contributed by atoms with Crippen molar-refractivity contribution in [3.05, 3.63) is 194 Å². The molecule has 0 atom stereocenters. The van der Waals surface area contributed by atoms with Crippen LogP contribution in [-0.2, 0) is 9.47 Å². The molecule has 2 aliphatic rings. The van der Waals surface area contributed by atoms with Crippen LogP contribution >= 0.6 is 0 Å². The van der Waals surface area contributed by atoms with Crippen LogP contribution in [0.25, 0.3) is 0 Å². The summed E-state index contributed by atoms with van der Waals surface area (Å²) in [5.41, 5.74) is 7.08. The van der Waals surface area contributed by atoms with Gasteiger partial charge in [0.2, 0.25) is 0 Å². The molecule has 62 heavy (non-hydrogen) atoms. The standard InChI is InChI=1S/6C6H6N.2C4H8O.2C2H5.2In.2Li.2Sn/c6*1-6-3-2-4-7-5-6;2*1-2-4-5-3-1;2*1-2;;;;;;/h6*2-3,5H,1H3;2*1-4H2;2*1H2,2H3;;;;;;/q6*-1;;;2*-1;4*+1;2*+2. The molecule has 0 saturated carbocycles. The number of aryl methyl sites for hydroxylation is 6. The van der Waals surface area contributed by atoms with Gasteiger partial charge >= 0.3 is 137 Å². The van der Waals surface area contributed by atoms with Crippen molar-refractivity contribution >= 4 is 99.5 Å². The van der Waals surface area contributed by atoms with Crippen LogP contribution in [0.1, 0.15) is 72.9 Å². The molecule has 8 rings (SSSR count). The van der Waals surface area contributed by atoms with Crippen molar-refractivity contribution in [2.45, 2.75) is 81.1 Å². The van der Waals surface area contributed by atoms with E-state index in [1.54, 1.807) is 87.4 Å². The first-order chi connectivity index (χ1) is 27.4. The van der Waals surface area contributed by atoms with Crippen molar-refractivity contribution in [2.75, 3.05) is 26.4 Å². The zero-order valence-corrected chi connectivity index (χ0v) is 51.4. The number of pyridine rings is 6. The molecule has 2 fully saturated rings. The van der Waals surface area contributed by atoms with Crippen LogP contribution in [-0.4, -0.2) is 156 Å². The van der Waals surface area contributed by atoms with Crippen molar-refractivity contribution in [3.8, 4) is 0 Å². The molecule has 0 aromatic carbocycles. The van der Waals surface area contributed by atoms with Crippen LogP contribution in [0, 0.1) is 92.6 Å². The maximum atomic E-state index is 4.94. The predicted molar refractivity (Wildman–Crippen MR) is 252 cm³/mol. The Balaban J connectivity index is -0.0000000875. The zero-order chi connectivity index (χ0) is 41.7. The number of ether oxygens (including phenoxy) is 2. The van der Waals surface area contributed by atoms with Gasteiger partial charge in [0.1, 0.15) is 0 Å². The van der Waals surface area contributed by atoms with Gasteiger partial charge in [0, 0.05) is 26.4 Å². The average Bonchev–Trinajstić information content (AvgIpc) is 4.04. The van der Waals surface area contributed by atoms with Crippen molar-refractivity contribution in [1.29, 1.82) is 0 Å². The topological polar surface area (TPSA) is 95.8 Å². The smallest absolute Gasteiger partial charge is 0.394 e. The summed E-state index contributed by atoms with van der Waals surface area (Å²) in [6.45, 7) is 26.0. The molecule has 312 valence electrons. The summed E-state index contributed by atoms with van der Waals surface area (Å²) in [6.07, 6.45) is 31.9. The number of hydrogen-bond donors (Lipinski definition) is 0. The Morgan fingerprint density at radius 3 is 0.548 bits per heavy atom. The van der Waals surface area contributed by atoms with Gasteiger partial charge in [-0.15, -0.1) is 33.4 Å². The molecule has 0 amide bonds. The summed E-state index contributed by atoms with van der Waals surface area (Å²) in [5, 5.41) is 0. The molecule has 2 saturated heterocycles. The fourth-order valence-electron chi connectivity index (χ4n) is 3.38. The molecule has 0 unspecified atom stereocenters. The molecule has 0 N–H and O–H groups in total. The minimum absolute atomic E-state index is 0. The third-order valence-electron chi connectivity index (χ3n) is 6.24. The molecule has 14 heteroatoms. The van der Waals surface area contributed by atoms with Crippen LogP contribution in [0.3, 0.4) is 0 Å². The predicted octanol–water partition coefficient (Wildman–Crippen LogP) is 2.90. The maximum absolute atomic E-state index is 4.94. The average molecular weight is 1240 g/mol. The van der Waals surface area contributed by atoms with E-state index in [-0.39, 0.29) is 137 Å². The number of rotatable bonds is 0. The largest absolute Gasteiger partial charge is 2.00 e. The molecular weight excluding hydrogens is 1170 g/mol. The number of aromatic nitrogens is 6. The van der Waals surface area contributed by atoms with E-state index in [1.165, 1.54) is 59.1 Å². The third-order valence-corrected chi connectivity index (χ3v) is 6.24. The van der Waals surface area contributed by atoms with E-state index in [0.717, 1.165) is 26.4 Å². The first-order valence-electron chi connectivity index (χ1n) is 18.7. The van der Waals surface area contributed by atoms with E-state index >= 15 is 0 Å². The fourth-order valence-corrected chi connectivity index (χ4v) is 3.38. The first kappa shape index (κ1) is 78.5. The summed E-state index contributed by atoms with van der Waals surface area (Å²) in [5.74, 6) is 0. The minimum atomic E-state index is 0. The fraction of sp³-hybridized carbons (Fsp3) is 0.333. The monoisotopic (exact) mass is 1240 g/mol. The summed E-state index contributed by atoms with van der Waals surface area (Å²) in [6, 6.07) is 22.6. The number of nitrogens with zero attached hydrogens (tertiary/aromatic N) is 6. The maximum Gasteiger partial charge on any atom is 2.00 e. The zero-order valence-electron chi connectivity index (χ0n) is 39.1. The Hall–Kier alpha value is -0.648. The molecule has 8 heterocycles. The van der Waals surface area contributed by atoms with E-state index < -0.39 is 0 Å². The second-order valence-corrected chi connectivity index (χ2v) is 11.4. The van der Waals surface area contributed by atoms with Crippen LogP contribution < -0.4 is 37.7 Å². The van der Waals surface area contributed by atoms with Gasteiger partial charge in [-0.25, -0.2) is 0 Å². The second kappa shape index (κ2) is 64.6. The second-order valence-electron chi connectivity index (χ2n) is 11.4. The Labute approximate surface area is 472 Å². The van der Waals surface area contributed by atoms with E-state index in [2.05, 4.69) is 80.9 Å². The molecule has 8 nitrogen and oxygen atoms in total. The quantitative estimate of drug-likeness (QED) is 0.170. The first-order valence-corrected chi connectivity index (χ1v) is 18.7. The van der Waals surface area contributed by atoms with Crippen molar-refractivity contribution in [2.24, 2.45) is 0 Å². The van der Waals surface area contributed by atoms with Gasteiger partial charge in [-0.3, -0.25) is 0 Å². The van der Waals surface area contributed by atoms with E-state index in [4.69, 9.17) is 9.47 Å². The summed E-state index contributed by atoms with van der Waals surface area (Å²) >= 11 is 0. The van der Waals surface area contributed by atoms with Crippen molar-refractivity contribution < 1.29 is 47.2 Å². The molecule has 0 bridgehead atoms. The Kier molecular flexibility index (Phi) is 81.8. The minimum Gasteiger partial charge on any atom is -0.394 e. The molecule has 0 aliphatic carbocycles. The molecule has 0 spiro atoms. The molecule has 6 aromatic rings. The Bertz CT molecular complexity index is 1280. The van der Waals surface area contributed by atoms with Crippen LogP contribution in [0.15, 0.2) is 110 Å². The summed E-state index contributed by atoms with van der Waals surface area (Å²) in [7, 11) is 0. The van der Waals surface area contributed by atoms with Crippen LogP contribution in [0.2, 0.25) is 0 Å². The Morgan fingerprint density at radius 1 is 0.355 bits per heavy atom. The van der Waals surface area contributed by atoms with Crippen molar-refractivity contribution in [3.63, 3.8) is 0 Å². The third kappa shape index (κ3) is 61.4. The van der Waals surface area contributed by atoms with Gasteiger partial charge in [-0.2, -0.15) is 86.6 Å². The van der Waals surface area contributed by atoms with E-state index in [1.807, 2.05) is 77.9 Å². The summed E-state index contributed by atoms with van der Waals surface area (Å²) in [4.78, 5) is 22.6. The molecule has 6 aromatic heterocycles. The van der Waals surface area contributed by atoms with E-state index in [0.29, 0.717) is 0 Å². The molecule has 2 aliphatic heterocycles.